The summed E-state index contributed by atoms with van der Waals surface area (Å²) in [4.78, 5) is 8.59. The molecule has 0 bridgehead atoms. The monoisotopic (exact) mass is 287 g/mol. The SMILES string of the molecule is CC(C)Nc1ncnc2c1cnn2-c1cccc(Cl)c1. The molecule has 0 aliphatic rings. The molecule has 0 fully saturated rings. The first-order valence-electron chi connectivity index (χ1n) is 6.36. The average Bonchev–Trinajstić information content (AvgIpc) is 2.83. The molecule has 2 aromatic heterocycles. The quantitative estimate of drug-likeness (QED) is 0.803. The van der Waals surface area contributed by atoms with Gasteiger partial charge in [-0.3, -0.25) is 0 Å². The lowest BCUT2D eigenvalue weighted by molar-refractivity contribution is 0.885. The van der Waals surface area contributed by atoms with Crippen LogP contribution in [0.1, 0.15) is 13.8 Å². The van der Waals surface area contributed by atoms with Crippen LogP contribution in [-0.4, -0.2) is 25.8 Å². The van der Waals surface area contributed by atoms with E-state index >= 15 is 0 Å². The van der Waals surface area contributed by atoms with Gasteiger partial charge in [-0.25, -0.2) is 14.6 Å². The molecule has 3 aromatic rings. The summed E-state index contributed by atoms with van der Waals surface area (Å²) < 4.78 is 1.76. The summed E-state index contributed by atoms with van der Waals surface area (Å²) in [6.45, 7) is 4.13. The highest BCUT2D eigenvalue weighted by Crippen LogP contribution is 2.23. The third-order valence-electron chi connectivity index (χ3n) is 2.84. The molecule has 0 aliphatic carbocycles. The zero-order valence-corrected chi connectivity index (χ0v) is 12.0. The lowest BCUT2D eigenvalue weighted by Crippen LogP contribution is -2.11. The number of hydrogen-bond donors (Lipinski definition) is 1. The molecule has 3 rings (SSSR count). The molecule has 0 atom stereocenters. The molecule has 5 nitrogen and oxygen atoms in total. The van der Waals surface area contributed by atoms with Crippen molar-refractivity contribution in [2.75, 3.05) is 5.32 Å². The van der Waals surface area contributed by atoms with Crippen molar-refractivity contribution in [3.05, 3.63) is 41.8 Å². The standard InChI is InChI=1S/C14H14ClN5/c1-9(2)19-13-12-7-18-20(14(12)17-8-16-13)11-5-3-4-10(15)6-11/h3-9H,1-2H3,(H,16,17,19). The Hall–Kier alpha value is -2.14. The lowest BCUT2D eigenvalue weighted by atomic mass is 10.3. The normalized spacial score (nSPS) is 11.2. The smallest absolute Gasteiger partial charge is 0.168 e. The van der Waals surface area contributed by atoms with Crippen LogP contribution in [0.3, 0.4) is 0 Å². The van der Waals surface area contributed by atoms with E-state index in [1.54, 1.807) is 10.9 Å². The van der Waals surface area contributed by atoms with Crippen molar-refractivity contribution in [1.82, 2.24) is 19.7 Å². The van der Waals surface area contributed by atoms with E-state index in [9.17, 15) is 0 Å². The van der Waals surface area contributed by atoms with Crippen molar-refractivity contribution < 1.29 is 0 Å². The number of aromatic nitrogens is 4. The van der Waals surface area contributed by atoms with Crippen LogP contribution in [0.25, 0.3) is 16.7 Å². The molecule has 6 heteroatoms. The van der Waals surface area contributed by atoms with Gasteiger partial charge in [0.2, 0.25) is 0 Å². The first kappa shape index (κ1) is 12.9. The Kier molecular flexibility index (Phi) is 3.28. The van der Waals surface area contributed by atoms with Gasteiger partial charge in [-0.05, 0) is 32.0 Å². The molecule has 0 spiro atoms. The van der Waals surface area contributed by atoms with E-state index in [1.165, 1.54) is 6.33 Å². The van der Waals surface area contributed by atoms with Crippen LogP contribution in [0.2, 0.25) is 5.02 Å². The van der Waals surface area contributed by atoms with Crippen molar-refractivity contribution in [2.45, 2.75) is 19.9 Å². The van der Waals surface area contributed by atoms with E-state index in [-0.39, 0.29) is 0 Å². The highest BCUT2D eigenvalue weighted by Gasteiger charge is 2.11. The van der Waals surface area contributed by atoms with E-state index in [0.717, 1.165) is 22.5 Å². The molecule has 0 saturated carbocycles. The maximum Gasteiger partial charge on any atom is 0.168 e. The maximum absolute atomic E-state index is 6.03. The molecule has 102 valence electrons. The number of hydrogen-bond acceptors (Lipinski definition) is 4. The van der Waals surface area contributed by atoms with Crippen molar-refractivity contribution in [2.24, 2.45) is 0 Å². The highest BCUT2D eigenvalue weighted by molar-refractivity contribution is 6.30. The van der Waals surface area contributed by atoms with Crippen molar-refractivity contribution in [3.8, 4) is 5.69 Å². The molecule has 0 saturated heterocycles. The van der Waals surface area contributed by atoms with Crippen molar-refractivity contribution >= 4 is 28.5 Å². The van der Waals surface area contributed by atoms with Gasteiger partial charge in [0.1, 0.15) is 12.1 Å². The third kappa shape index (κ3) is 2.32. The number of nitrogens with zero attached hydrogens (tertiary/aromatic N) is 4. The van der Waals surface area contributed by atoms with Crippen LogP contribution in [0.5, 0.6) is 0 Å². The van der Waals surface area contributed by atoms with E-state index in [0.29, 0.717) is 11.1 Å². The molecule has 20 heavy (non-hydrogen) atoms. The van der Waals surface area contributed by atoms with Crippen LogP contribution in [0.4, 0.5) is 5.82 Å². The summed E-state index contributed by atoms with van der Waals surface area (Å²) in [7, 11) is 0. The van der Waals surface area contributed by atoms with Crippen LogP contribution in [-0.2, 0) is 0 Å². The van der Waals surface area contributed by atoms with Gasteiger partial charge in [0.15, 0.2) is 5.65 Å². The Bertz CT molecular complexity index is 750. The largest absolute Gasteiger partial charge is 0.367 e. The van der Waals surface area contributed by atoms with Gasteiger partial charge >= 0.3 is 0 Å². The Morgan fingerprint density at radius 3 is 2.85 bits per heavy atom. The fourth-order valence-corrected chi connectivity index (χ4v) is 2.21. The molecule has 0 aliphatic heterocycles. The molecule has 1 aromatic carbocycles. The van der Waals surface area contributed by atoms with E-state index in [1.807, 2.05) is 24.3 Å². The van der Waals surface area contributed by atoms with Crippen LogP contribution in [0, 0.1) is 0 Å². The Morgan fingerprint density at radius 1 is 1.25 bits per heavy atom. The molecular weight excluding hydrogens is 274 g/mol. The summed E-state index contributed by atoms with van der Waals surface area (Å²) in [5.74, 6) is 0.790. The highest BCUT2D eigenvalue weighted by atomic mass is 35.5. The minimum atomic E-state index is 0.294. The van der Waals surface area contributed by atoms with Gasteiger partial charge in [0, 0.05) is 11.1 Å². The third-order valence-corrected chi connectivity index (χ3v) is 3.08. The molecule has 1 N–H and O–H groups in total. The number of benzene rings is 1. The fourth-order valence-electron chi connectivity index (χ4n) is 2.03. The summed E-state index contributed by atoms with van der Waals surface area (Å²) in [5.41, 5.74) is 1.63. The van der Waals surface area contributed by atoms with Crippen LogP contribution < -0.4 is 5.32 Å². The topological polar surface area (TPSA) is 55.6 Å². The molecule has 0 unspecified atom stereocenters. The Balaban J connectivity index is 2.15. The van der Waals surface area contributed by atoms with Gasteiger partial charge in [0.05, 0.1) is 17.3 Å². The Morgan fingerprint density at radius 2 is 2.10 bits per heavy atom. The first-order chi connectivity index (χ1) is 9.65. The number of anilines is 1. The predicted octanol–water partition coefficient (Wildman–Crippen LogP) is 3.29. The first-order valence-corrected chi connectivity index (χ1v) is 6.74. The van der Waals surface area contributed by atoms with Crippen LogP contribution in [0.15, 0.2) is 36.8 Å². The van der Waals surface area contributed by atoms with E-state index < -0.39 is 0 Å². The number of fused-ring (bicyclic) bond motifs is 1. The summed E-state index contributed by atoms with van der Waals surface area (Å²) in [5, 5.41) is 9.24. The van der Waals surface area contributed by atoms with Crippen LogP contribution >= 0.6 is 11.6 Å². The summed E-state index contributed by atoms with van der Waals surface area (Å²) in [6, 6.07) is 7.81. The molecular formula is C14H14ClN5. The molecule has 2 heterocycles. The lowest BCUT2D eigenvalue weighted by Gasteiger charge is -2.09. The van der Waals surface area contributed by atoms with E-state index in [4.69, 9.17) is 11.6 Å². The summed E-state index contributed by atoms with van der Waals surface area (Å²) in [6.07, 6.45) is 3.30. The van der Waals surface area contributed by atoms with Crippen molar-refractivity contribution in [3.63, 3.8) is 0 Å². The second-order valence-electron chi connectivity index (χ2n) is 4.79. The van der Waals surface area contributed by atoms with Gasteiger partial charge in [0.25, 0.3) is 0 Å². The second kappa shape index (κ2) is 5.09. The minimum Gasteiger partial charge on any atom is -0.367 e. The zero-order valence-electron chi connectivity index (χ0n) is 11.2. The average molecular weight is 288 g/mol. The van der Waals surface area contributed by atoms with Crippen molar-refractivity contribution in [1.29, 1.82) is 0 Å². The predicted molar refractivity (Wildman–Crippen MR) is 80.4 cm³/mol. The van der Waals surface area contributed by atoms with E-state index in [2.05, 4.69) is 34.2 Å². The molecule has 0 amide bonds. The van der Waals surface area contributed by atoms with Gasteiger partial charge in [-0.15, -0.1) is 0 Å². The number of rotatable bonds is 3. The number of nitrogens with one attached hydrogen (secondary N) is 1. The van der Waals surface area contributed by atoms with Gasteiger partial charge < -0.3 is 5.32 Å². The second-order valence-corrected chi connectivity index (χ2v) is 5.23. The molecule has 0 radical (unpaired) electrons. The minimum absolute atomic E-state index is 0.294. The van der Waals surface area contributed by atoms with Gasteiger partial charge in [-0.2, -0.15) is 5.10 Å². The Labute approximate surface area is 121 Å². The maximum atomic E-state index is 6.03. The number of halogens is 1. The van der Waals surface area contributed by atoms with Gasteiger partial charge in [-0.1, -0.05) is 17.7 Å². The summed E-state index contributed by atoms with van der Waals surface area (Å²) >= 11 is 6.03. The fraction of sp³-hybridized carbons (Fsp3) is 0.214. The zero-order chi connectivity index (χ0) is 14.1.